The van der Waals surface area contributed by atoms with Crippen LogP contribution in [-0.2, 0) is 16.1 Å². The molecule has 0 radical (unpaired) electrons. The summed E-state index contributed by atoms with van der Waals surface area (Å²) in [5.74, 6) is -1.22. The van der Waals surface area contributed by atoms with Crippen LogP contribution in [0.25, 0.3) is 0 Å². The molecule has 1 aromatic heterocycles. The van der Waals surface area contributed by atoms with E-state index < -0.39 is 5.97 Å². The van der Waals surface area contributed by atoms with Gasteiger partial charge in [-0.15, -0.1) is 0 Å². The average molecular weight is 365 g/mol. The summed E-state index contributed by atoms with van der Waals surface area (Å²) < 4.78 is 1.21. The molecule has 0 unspecified atom stereocenters. The largest absolute Gasteiger partial charge is 0.480 e. The van der Waals surface area contributed by atoms with Crippen molar-refractivity contribution in [2.24, 2.45) is 0 Å². The third-order valence-corrected chi connectivity index (χ3v) is 3.43. The molecule has 0 bridgehead atoms. The normalized spacial score (nSPS) is 10.3. The number of benzene rings is 1. The summed E-state index contributed by atoms with van der Waals surface area (Å²) in [6.45, 7) is 0.0783. The van der Waals surface area contributed by atoms with Crippen molar-refractivity contribution >= 4 is 35.2 Å². The smallest absolute Gasteiger partial charge is 0.325 e. The van der Waals surface area contributed by atoms with Gasteiger partial charge in [-0.3, -0.25) is 19.1 Å². The summed E-state index contributed by atoms with van der Waals surface area (Å²) >= 11 is 5.76. The van der Waals surface area contributed by atoms with E-state index in [4.69, 9.17) is 16.7 Å². The minimum atomic E-state index is -1.02. The SMILES string of the molecule is O=C(O)Cn1ccc(NC(=O)CCCNC(=O)c2ccc(Cl)cc2)n1. The minimum Gasteiger partial charge on any atom is -0.480 e. The highest BCUT2D eigenvalue weighted by Gasteiger charge is 2.08. The van der Waals surface area contributed by atoms with Crippen LogP contribution in [0, 0.1) is 0 Å². The molecule has 0 fully saturated rings. The lowest BCUT2D eigenvalue weighted by Crippen LogP contribution is -2.25. The molecule has 9 heteroatoms. The van der Waals surface area contributed by atoms with Gasteiger partial charge in [0.25, 0.3) is 5.91 Å². The Morgan fingerprint density at radius 2 is 1.88 bits per heavy atom. The van der Waals surface area contributed by atoms with Crippen molar-refractivity contribution in [3.05, 3.63) is 47.1 Å². The first-order valence-electron chi connectivity index (χ1n) is 7.53. The van der Waals surface area contributed by atoms with E-state index in [-0.39, 0.29) is 30.6 Å². The fourth-order valence-corrected chi connectivity index (χ4v) is 2.14. The fraction of sp³-hybridized carbons (Fsp3) is 0.250. The molecule has 2 amide bonds. The zero-order valence-electron chi connectivity index (χ0n) is 13.2. The molecule has 1 heterocycles. The van der Waals surface area contributed by atoms with Crippen molar-refractivity contribution in [1.29, 1.82) is 0 Å². The van der Waals surface area contributed by atoms with Gasteiger partial charge in [0.15, 0.2) is 5.82 Å². The maximum atomic E-state index is 11.9. The molecule has 2 aromatic rings. The molecule has 0 saturated carbocycles. The van der Waals surface area contributed by atoms with Gasteiger partial charge < -0.3 is 15.7 Å². The number of halogens is 1. The lowest BCUT2D eigenvalue weighted by Gasteiger charge is -2.05. The summed E-state index contributed by atoms with van der Waals surface area (Å²) in [7, 11) is 0. The molecule has 2 rings (SSSR count). The van der Waals surface area contributed by atoms with E-state index in [1.165, 1.54) is 16.9 Å². The molecule has 25 heavy (non-hydrogen) atoms. The van der Waals surface area contributed by atoms with Crippen molar-refractivity contribution in [3.8, 4) is 0 Å². The quantitative estimate of drug-likeness (QED) is 0.618. The van der Waals surface area contributed by atoms with Crippen LogP contribution in [0.4, 0.5) is 5.82 Å². The number of nitrogens with zero attached hydrogens (tertiary/aromatic N) is 2. The fourth-order valence-electron chi connectivity index (χ4n) is 2.01. The van der Waals surface area contributed by atoms with Gasteiger partial charge in [-0.25, -0.2) is 0 Å². The van der Waals surface area contributed by atoms with Gasteiger partial charge >= 0.3 is 5.97 Å². The number of carboxylic acids is 1. The van der Waals surface area contributed by atoms with Gasteiger partial charge in [0.1, 0.15) is 6.54 Å². The maximum Gasteiger partial charge on any atom is 0.325 e. The van der Waals surface area contributed by atoms with Gasteiger partial charge in [0.05, 0.1) is 0 Å². The number of rotatable bonds is 8. The number of hydrogen-bond donors (Lipinski definition) is 3. The Bertz CT molecular complexity index is 758. The van der Waals surface area contributed by atoms with Crippen molar-refractivity contribution in [3.63, 3.8) is 0 Å². The molecule has 132 valence electrons. The summed E-state index contributed by atoms with van der Waals surface area (Å²) in [6, 6.07) is 8.03. The standard InChI is InChI=1S/C16H17ClN4O4/c17-12-5-3-11(4-6-12)16(25)18-8-1-2-14(22)19-13-7-9-21(20-13)10-15(23)24/h3-7,9H,1-2,8,10H2,(H,18,25)(H,23,24)(H,19,20,22). The van der Waals surface area contributed by atoms with Crippen LogP contribution in [0.5, 0.6) is 0 Å². The number of carbonyl (C=O) groups is 3. The number of aliphatic carboxylic acids is 1. The molecule has 0 atom stereocenters. The lowest BCUT2D eigenvalue weighted by molar-refractivity contribution is -0.137. The van der Waals surface area contributed by atoms with E-state index in [1.54, 1.807) is 24.3 Å². The molecule has 0 spiro atoms. The zero-order chi connectivity index (χ0) is 18.2. The molecule has 0 aliphatic rings. The van der Waals surface area contributed by atoms with Crippen LogP contribution in [0.1, 0.15) is 23.2 Å². The summed E-state index contributed by atoms with van der Waals surface area (Å²) in [4.78, 5) is 34.2. The number of nitrogens with one attached hydrogen (secondary N) is 2. The number of hydrogen-bond acceptors (Lipinski definition) is 4. The van der Waals surface area contributed by atoms with Crippen LogP contribution >= 0.6 is 11.6 Å². The molecular weight excluding hydrogens is 348 g/mol. The zero-order valence-corrected chi connectivity index (χ0v) is 14.0. The van der Waals surface area contributed by atoms with E-state index in [0.29, 0.717) is 23.6 Å². The molecular formula is C16H17ClN4O4. The van der Waals surface area contributed by atoms with Crippen molar-refractivity contribution in [2.75, 3.05) is 11.9 Å². The third kappa shape index (κ3) is 6.27. The van der Waals surface area contributed by atoms with Crippen LogP contribution in [-0.4, -0.2) is 39.2 Å². The number of carboxylic acid groups (broad SMARTS) is 1. The second kappa shape index (κ2) is 8.84. The number of carbonyl (C=O) groups excluding carboxylic acids is 2. The Hall–Kier alpha value is -2.87. The third-order valence-electron chi connectivity index (χ3n) is 3.18. The Morgan fingerprint density at radius 3 is 2.56 bits per heavy atom. The monoisotopic (exact) mass is 364 g/mol. The molecule has 3 N–H and O–H groups in total. The highest BCUT2D eigenvalue weighted by Crippen LogP contribution is 2.09. The highest BCUT2D eigenvalue weighted by atomic mass is 35.5. The molecule has 0 aliphatic heterocycles. The molecule has 1 aromatic carbocycles. The summed E-state index contributed by atoms with van der Waals surface area (Å²) in [5.41, 5.74) is 0.498. The summed E-state index contributed by atoms with van der Waals surface area (Å²) in [5, 5.41) is 18.4. The van der Waals surface area contributed by atoms with Crippen LogP contribution < -0.4 is 10.6 Å². The van der Waals surface area contributed by atoms with Gasteiger partial charge in [-0.2, -0.15) is 5.10 Å². The first-order valence-corrected chi connectivity index (χ1v) is 7.90. The van der Waals surface area contributed by atoms with Crippen LogP contribution in [0.3, 0.4) is 0 Å². The minimum absolute atomic E-state index is 0.201. The predicted octanol–water partition coefficient (Wildman–Crippen LogP) is 1.77. The van der Waals surface area contributed by atoms with Crippen molar-refractivity contribution in [2.45, 2.75) is 19.4 Å². The Labute approximate surface area is 148 Å². The number of aromatic nitrogens is 2. The van der Waals surface area contributed by atoms with Gasteiger partial charge in [-0.05, 0) is 30.7 Å². The topological polar surface area (TPSA) is 113 Å². The second-order valence-corrected chi connectivity index (χ2v) is 5.64. The van der Waals surface area contributed by atoms with E-state index in [9.17, 15) is 14.4 Å². The van der Waals surface area contributed by atoms with Crippen molar-refractivity contribution < 1.29 is 19.5 Å². The predicted molar refractivity (Wildman–Crippen MR) is 91.5 cm³/mol. The van der Waals surface area contributed by atoms with E-state index in [2.05, 4.69) is 15.7 Å². The van der Waals surface area contributed by atoms with Crippen LogP contribution in [0.15, 0.2) is 36.5 Å². The Balaban J connectivity index is 1.68. The Kier molecular flexibility index (Phi) is 6.53. The average Bonchev–Trinajstić information content (AvgIpc) is 2.98. The van der Waals surface area contributed by atoms with E-state index in [0.717, 1.165) is 0 Å². The van der Waals surface area contributed by atoms with E-state index in [1.807, 2.05) is 0 Å². The highest BCUT2D eigenvalue weighted by molar-refractivity contribution is 6.30. The van der Waals surface area contributed by atoms with E-state index >= 15 is 0 Å². The maximum absolute atomic E-state index is 11.9. The second-order valence-electron chi connectivity index (χ2n) is 5.21. The van der Waals surface area contributed by atoms with Gasteiger partial charge in [-0.1, -0.05) is 11.6 Å². The number of amides is 2. The van der Waals surface area contributed by atoms with Gasteiger partial charge in [0.2, 0.25) is 5.91 Å². The first-order chi connectivity index (χ1) is 11.9. The molecule has 0 aliphatic carbocycles. The van der Waals surface area contributed by atoms with Crippen LogP contribution in [0.2, 0.25) is 5.02 Å². The summed E-state index contributed by atoms with van der Waals surface area (Å²) in [6.07, 6.45) is 2.13. The molecule has 0 saturated heterocycles. The van der Waals surface area contributed by atoms with Crippen molar-refractivity contribution in [1.82, 2.24) is 15.1 Å². The van der Waals surface area contributed by atoms with Gasteiger partial charge in [0, 0.05) is 35.8 Å². The number of anilines is 1. The molecule has 8 nitrogen and oxygen atoms in total. The Morgan fingerprint density at radius 1 is 1.16 bits per heavy atom. The lowest BCUT2D eigenvalue weighted by atomic mass is 10.2. The first kappa shape index (κ1) is 18.5.